The molecular formula is C6H6Cl9N3S3. The average Bonchev–Trinajstić information content (AvgIpc) is 2.06. The van der Waals surface area contributed by atoms with Crippen LogP contribution in [0.2, 0.25) is 0 Å². The molecule has 21 heavy (non-hydrogen) atoms. The normalized spacial score (nSPS) is 21.0. The molecule has 0 radical (unpaired) electrons. The SMILES string of the molecule is ClC(Cl)(Cl)SN1CN(SC(Cl)(Cl)Cl)CN(SC(Cl)(Cl)Cl)C1. The molecular weight excluding hydrogens is 529 g/mol. The molecule has 1 rings (SSSR count). The first-order valence-electron chi connectivity index (χ1n) is 4.76. The fourth-order valence-electron chi connectivity index (χ4n) is 1.27. The highest BCUT2D eigenvalue weighted by Crippen LogP contribution is 2.48. The van der Waals surface area contributed by atoms with Gasteiger partial charge in [0.25, 0.3) is 9.37 Å². The summed E-state index contributed by atoms with van der Waals surface area (Å²) in [5.41, 5.74) is 0. The van der Waals surface area contributed by atoms with Crippen molar-refractivity contribution in [3.05, 3.63) is 0 Å². The minimum Gasteiger partial charge on any atom is -0.217 e. The van der Waals surface area contributed by atoms with Crippen LogP contribution >= 0.6 is 140 Å². The Morgan fingerprint density at radius 1 is 0.476 bits per heavy atom. The van der Waals surface area contributed by atoms with Crippen molar-refractivity contribution >= 4 is 140 Å². The summed E-state index contributed by atoms with van der Waals surface area (Å²) in [6, 6.07) is 0. The molecule has 1 aliphatic heterocycles. The molecule has 0 aromatic carbocycles. The van der Waals surface area contributed by atoms with Gasteiger partial charge in [-0.05, 0) is 35.8 Å². The van der Waals surface area contributed by atoms with E-state index < -0.39 is 9.37 Å². The lowest BCUT2D eigenvalue weighted by Gasteiger charge is -2.42. The molecule has 0 aliphatic carbocycles. The van der Waals surface area contributed by atoms with E-state index in [1.165, 1.54) is 0 Å². The molecule has 0 amide bonds. The second kappa shape index (κ2) is 8.96. The van der Waals surface area contributed by atoms with E-state index in [1.54, 1.807) is 12.9 Å². The molecule has 0 saturated carbocycles. The monoisotopic (exact) mass is 531 g/mol. The first kappa shape index (κ1) is 22.6. The highest BCUT2D eigenvalue weighted by Gasteiger charge is 2.37. The number of hydrogen-bond acceptors (Lipinski definition) is 6. The van der Waals surface area contributed by atoms with E-state index in [0.717, 1.165) is 35.8 Å². The number of alkyl halides is 9. The summed E-state index contributed by atoms with van der Waals surface area (Å²) in [4.78, 5) is 0. The Kier molecular flexibility index (Phi) is 9.63. The van der Waals surface area contributed by atoms with Crippen LogP contribution < -0.4 is 0 Å². The van der Waals surface area contributed by atoms with Crippen LogP contribution in [0.5, 0.6) is 0 Å². The highest BCUT2D eigenvalue weighted by molar-refractivity contribution is 8.04. The van der Waals surface area contributed by atoms with E-state index in [4.69, 9.17) is 104 Å². The van der Waals surface area contributed by atoms with Crippen molar-refractivity contribution in [2.24, 2.45) is 0 Å². The highest BCUT2D eigenvalue weighted by atomic mass is 35.6. The minimum absolute atomic E-state index is 0.383. The molecule has 1 fully saturated rings. The minimum atomic E-state index is -1.52. The standard InChI is InChI=1S/C6H6Cl9N3S3/c7-4(8,9)19-16-1-17(20-5(10,11)12)3-18(2-16)21-6(13,14)15/h1-3H2. The molecule has 1 aliphatic rings. The van der Waals surface area contributed by atoms with Gasteiger partial charge in [0.15, 0.2) is 0 Å². The Bertz CT molecular complexity index is 285. The first-order valence-corrected chi connectivity index (χ1v) is 10.5. The lowest BCUT2D eigenvalue weighted by molar-refractivity contribution is 0.156. The summed E-state index contributed by atoms with van der Waals surface area (Å²) in [7, 11) is 0. The van der Waals surface area contributed by atoms with E-state index in [2.05, 4.69) is 0 Å². The van der Waals surface area contributed by atoms with Gasteiger partial charge < -0.3 is 0 Å². The second-order valence-corrected chi connectivity index (χ2v) is 16.3. The van der Waals surface area contributed by atoms with E-state index in [0.29, 0.717) is 20.0 Å². The van der Waals surface area contributed by atoms with Crippen molar-refractivity contribution in [1.82, 2.24) is 12.9 Å². The number of rotatable bonds is 3. The van der Waals surface area contributed by atoms with Crippen LogP contribution in [-0.4, -0.2) is 42.3 Å². The van der Waals surface area contributed by atoms with Gasteiger partial charge in [-0.2, -0.15) is 0 Å². The molecule has 126 valence electrons. The Labute approximate surface area is 180 Å². The largest absolute Gasteiger partial charge is 0.251 e. The maximum Gasteiger partial charge on any atom is 0.251 e. The van der Waals surface area contributed by atoms with Crippen LogP contribution in [0.4, 0.5) is 0 Å². The summed E-state index contributed by atoms with van der Waals surface area (Å²) in [6.07, 6.45) is 0. The van der Waals surface area contributed by atoms with Gasteiger partial charge in [0.05, 0.1) is 20.0 Å². The molecule has 1 heterocycles. The lowest BCUT2D eigenvalue weighted by Crippen LogP contribution is -2.49. The first-order chi connectivity index (χ1) is 9.23. The molecule has 0 atom stereocenters. The molecule has 15 heteroatoms. The molecule has 0 spiro atoms. The predicted octanol–water partition coefficient (Wildman–Crippen LogP) is 6.71. The third kappa shape index (κ3) is 11.7. The zero-order chi connectivity index (χ0) is 16.5. The number of halogens is 9. The fourth-order valence-corrected chi connectivity index (χ4v) is 6.19. The molecule has 0 aromatic heterocycles. The van der Waals surface area contributed by atoms with Gasteiger partial charge in [-0.15, -0.1) is 0 Å². The van der Waals surface area contributed by atoms with Crippen LogP contribution in [0.1, 0.15) is 0 Å². The van der Waals surface area contributed by atoms with Gasteiger partial charge in [-0.25, -0.2) is 12.9 Å². The molecule has 3 nitrogen and oxygen atoms in total. The lowest BCUT2D eigenvalue weighted by atomic mass is 10.8. The van der Waals surface area contributed by atoms with Crippen LogP contribution in [-0.2, 0) is 0 Å². The van der Waals surface area contributed by atoms with E-state index >= 15 is 0 Å². The third-order valence-corrected chi connectivity index (χ3v) is 5.60. The van der Waals surface area contributed by atoms with Crippen molar-refractivity contribution in [2.75, 3.05) is 20.0 Å². The van der Waals surface area contributed by atoms with Crippen molar-refractivity contribution in [2.45, 2.75) is 9.37 Å². The molecule has 0 aromatic rings. The topological polar surface area (TPSA) is 9.72 Å². The number of nitrogens with zero attached hydrogens (tertiary/aromatic N) is 3. The van der Waals surface area contributed by atoms with Crippen molar-refractivity contribution in [3.63, 3.8) is 0 Å². The molecule has 0 unspecified atom stereocenters. The maximum absolute atomic E-state index is 5.77. The molecule has 0 bridgehead atoms. The quantitative estimate of drug-likeness (QED) is 0.292. The third-order valence-electron chi connectivity index (χ3n) is 1.64. The van der Waals surface area contributed by atoms with Crippen molar-refractivity contribution in [1.29, 1.82) is 0 Å². The average molecular weight is 535 g/mol. The van der Waals surface area contributed by atoms with Gasteiger partial charge in [-0.1, -0.05) is 104 Å². The van der Waals surface area contributed by atoms with Gasteiger partial charge in [0.2, 0.25) is 0 Å². The van der Waals surface area contributed by atoms with Crippen molar-refractivity contribution < 1.29 is 0 Å². The second-order valence-electron chi connectivity index (χ2n) is 3.48. The van der Waals surface area contributed by atoms with Crippen LogP contribution in [0.25, 0.3) is 0 Å². The van der Waals surface area contributed by atoms with Gasteiger partial charge in [0.1, 0.15) is 0 Å². The molecule has 0 N–H and O–H groups in total. The summed E-state index contributed by atoms with van der Waals surface area (Å²) < 4.78 is 0.647. The summed E-state index contributed by atoms with van der Waals surface area (Å²) in [6.45, 7) is 1.15. The molecule has 1 saturated heterocycles. The van der Waals surface area contributed by atoms with Gasteiger partial charge >= 0.3 is 0 Å². The maximum atomic E-state index is 5.77. The zero-order valence-corrected chi connectivity index (χ0v) is 18.8. The van der Waals surface area contributed by atoms with E-state index in [-0.39, 0.29) is 0 Å². The van der Waals surface area contributed by atoms with Crippen LogP contribution in [0.3, 0.4) is 0 Å². The number of hydrogen-bond donors (Lipinski definition) is 0. The van der Waals surface area contributed by atoms with Crippen LogP contribution in [0, 0.1) is 0 Å². The van der Waals surface area contributed by atoms with Gasteiger partial charge in [0, 0.05) is 0 Å². The Morgan fingerprint density at radius 2 is 0.667 bits per heavy atom. The Balaban J connectivity index is 2.73. The smallest absolute Gasteiger partial charge is 0.217 e. The summed E-state index contributed by atoms with van der Waals surface area (Å²) >= 11 is 55.0. The Hall–Kier alpha value is 3.54. The van der Waals surface area contributed by atoms with Gasteiger partial charge in [-0.3, -0.25) is 0 Å². The van der Waals surface area contributed by atoms with E-state index in [1.807, 2.05) is 0 Å². The fraction of sp³-hybridized carbons (Fsp3) is 1.00. The Morgan fingerprint density at radius 3 is 0.810 bits per heavy atom. The zero-order valence-electron chi connectivity index (χ0n) is 9.59. The van der Waals surface area contributed by atoms with Crippen molar-refractivity contribution in [3.8, 4) is 0 Å². The van der Waals surface area contributed by atoms with Crippen LogP contribution in [0.15, 0.2) is 0 Å². The predicted molar refractivity (Wildman–Crippen MR) is 104 cm³/mol. The summed E-state index contributed by atoms with van der Waals surface area (Å²) in [5.74, 6) is 0. The summed E-state index contributed by atoms with van der Waals surface area (Å²) in [5, 5.41) is 0. The van der Waals surface area contributed by atoms with E-state index in [9.17, 15) is 0 Å².